The molecule has 0 bridgehead atoms. The Bertz CT molecular complexity index is 778. The van der Waals surface area contributed by atoms with E-state index in [2.05, 4.69) is 16.9 Å². The van der Waals surface area contributed by atoms with Crippen LogP contribution in [-0.2, 0) is 14.6 Å². The number of ether oxygens (including phenoxy) is 2. The predicted molar refractivity (Wildman–Crippen MR) is 107 cm³/mol. The molecule has 28 heavy (non-hydrogen) atoms. The van der Waals surface area contributed by atoms with E-state index in [1.54, 1.807) is 12.1 Å². The lowest BCUT2D eigenvalue weighted by Crippen LogP contribution is -2.37. The molecule has 3 fully saturated rings. The topological polar surface area (TPSA) is 68.7 Å². The molecule has 3 aliphatic rings. The van der Waals surface area contributed by atoms with Gasteiger partial charge >= 0.3 is 0 Å². The van der Waals surface area contributed by atoms with Crippen LogP contribution in [0, 0.1) is 6.92 Å². The van der Waals surface area contributed by atoms with E-state index < -0.39 is 9.84 Å². The largest absolute Gasteiger partial charge is 0.489 e. The zero-order valence-electron chi connectivity index (χ0n) is 17.0. The maximum absolute atomic E-state index is 12.3. The highest BCUT2D eigenvalue weighted by Gasteiger charge is 2.38. The molecule has 6 nitrogen and oxygen atoms in total. The van der Waals surface area contributed by atoms with Crippen molar-refractivity contribution in [1.82, 2.24) is 9.88 Å². The molecule has 0 unspecified atom stereocenters. The number of nitrogens with zero attached hydrogens (tertiary/aromatic N) is 2. The van der Waals surface area contributed by atoms with Crippen molar-refractivity contribution >= 4 is 9.84 Å². The van der Waals surface area contributed by atoms with Crippen LogP contribution in [0.3, 0.4) is 0 Å². The van der Waals surface area contributed by atoms with E-state index in [1.165, 1.54) is 0 Å². The SMILES string of the molecule is Cc1nc(S(=O)(=O)C2CC2)ccc1OC1CCC(OC2CCN(C)CC2)CC1. The molecule has 4 rings (SSSR count). The second kappa shape index (κ2) is 8.28. The molecule has 0 radical (unpaired) electrons. The van der Waals surface area contributed by atoms with Crippen molar-refractivity contribution in [2.45, 2.75) is 86.9 Å². The van der Waals surface area contributed by atoms with Crippen LogP contribution >= 0.6 is 0 Å². The minimum atomic E-state index is -3.25. The molecule has 0 aromatic carbocycles. The van der Waals surface area contributed by atoms with Crippen molar-refractivity contribution in [2.75, 3.05) is 20.1 Å². The van der Waals surface area contributed by atoms with Crippen molar-refractivity contribution in [3.05, 3.63) is 17.8 Å². The quantitative estimate of drug-likeness (QED) is 0.720. The van der Waals surface area contributed by atoms with Gasteiger partial charge in [-0.05, 0) is 77.5 Å². The van der Waals surface area contributed by atoms with Gasteiger partial charge in [-0.3, -0.25) is 0 Å². The highest BCUT2D eigenvalue weighted by atomic mass is 32.2. The standard InChI is InChI=1S/C21H32N2O4S/c1-15-20(9-10-21(22-15)28(24,25)19-7-8-19)27-17-5-3-16(4-6-17)26-18-11-13-23(2)14-12-18/h9-10,16-19H,3-8,11-14H2,1-2H3. The Morgan fingerprint density at radius 1 is 0.929 bits per heavy atom. The van der Waals surface area contributed by atoms with Crippen molar-refractivity contribution in [3.8, 4) is 5.75 Å². The second-order valence-electron chi connectivity index (χ2n) is 8.63. The zero-order chi connectivity index (χ0) is 19.7. The molecule has 0 N–H and O–H groups in total. The summed E-state index contributed by atoms with van der Waals surface area (Å²) in [4.78, 5) is 6.69. The summed E-state index contributed by atoms with van der Waals surface area (Å²) < 4.78 is 37.2. The molecule has 2 heterocycles. The van der Waals surface area contributed by atoms with Gasteiger partial charge < -0.3 is 14.4 Å². The van der Waals surface area contributed by atoms with Gasteiger partial charge in [-0.1, -0.05) is 0 Å². The Morgan fingerprint density at radius 2 is 1.54 bits per heavy atom. The summed E-state index contributed by atoms with van der Waals surface area (Å²) in [6.45, 7) is 4.08. The van der Waals surface area contributed by atoms with Gasteiger partial charge in [0.25, 0.3) is 0 Å². The minimum absolute atomic E-state index is 0.156. The number of aromatic nitrogens is 1. The molecule has 1 aliphatic heterocycles. The Kier molecular flexibility index (Phi) is 5.95. The van der Waals surface area contributed by atoms with Gasteiger partial charge in [-0.15, -0.1) is 0 Å². The lowest BCUT2D eigenvalue weighted by atomic mass is 9.94. The monoisotopic (exact) mass is 408 g/mol. The number of hydrogen-bond donors (Lipinski definition) is 0. The molecule has 1 saturated heterocycles. The molecule has 156 valence electrons. The van der Waals surface area contributed by atoms with Crippen LogP contribution in [0.15, 0.2) is 17.2 Å². The zero-order valence-corrected chi connectivity index (χ0v) is 17.8. The highest BCUT2D eigenvalue weighted by molar-refractivity contribution is 7.92. The number of hydrogen-bond acceptors (Lipinski definition) is 6. The Hall–Kier alpha value is -1.18. The molecular formula is C21H32N2O4S. The van der Waals surface area contributed by atoms with Crippen molar-refractivity contribution < 1.29 is 17.9 Å². The number of pyridine rings is 1. The fraction of sp³-hybridized carbons (Fsp3) is 0.762. The normalized spacial score (nSPS) is 27.6. The fourth-order valence-corrected chi connectivity index (χ4v) is 5.84. The molecule has 1 aromatic heterocycles. The first-order chi connectivity index (χ1) is 13.4. The highest BCUT2D eigenvalue weighted by Crippen LogP contribution is 2.34. The van der Waals surface area contributed by atoms with Crippen molar-refractivity contribution in [1.29, 1.82) is 0 Å². The van der Waals surface area contributed by atoms with Crippen LogP contribution in [0.2, 0.25) is 0 Å². The summed E-state index contributed by atoms with van der Waals surface area (Å²) in [7, 11) is -1.08. The van der Waals surface area contributed by atoms with Crippen molar-refractivity contribution in [2.24, 2.45) is 0 Å². The summed E-state index contributed by atoms with van der Waals surface area (Å²) in [6.07, 6.45) is 8.68. The first kappa shape index (κ1) is 20.1. The van der Waals surface area contributed by atoms with E-state index >= 15 is 0 Å². The van der Waals surface area contributed by atoms with Gasteiger partial charge in [0.2, 0.25) is 0 Å². The van der Waals surface area contributed by atoms with Gasteiger partial charge in [0.05, 0.1) is 29.3 Å². The first-order valence-electron chi connectivity index (χ1n) is 10.6. The van der Waals surface area contributed by atoms with Crippen molar-refractivity contribution in [3.63, 3.8) is 0 Å². The summed E-state index contributed by atoms with van der Waals surface area (Å²) in [6, 6.07) is 3.38. The molecular weight excluding hydrogens is 376 g/mol. The van der Waals surface area contributed by atoms with Crippen LogP contribution < -0.4 is 4.74 Å². The Balaban J connectivity index is 1.28. The number of piperidine rings is 1. The molecule has 0 atom stereocenters. The molecule has 1 aromatic rings. The summed E-state index contributed by atoms with van der Waals surface area (Å²) in [5, 5.41) is -0.0407. The van der Waals surface area contributed by atoms with E-state index in [0.29, 0.717) is 23.7 Å². The predicted octanol–water partition coefficient (Wildman–Crippen LogP) is 3.13. The van der Waals surface area contributed by atoms with E-state index in [9.17, 15) is 8.42 Å². The number of rotatable bonds is 6. The van der Waals surface area contributed by atoms with Gasteiger partial charge in [-0.2, -0.15) is 0 Å². The van der Waals surface area contributed by atoms with Gasteiger partial charge in [0.1, 0.15) is 5.75 Å². The number of sulfone groups is 1. The van der Waals surface area contributed by atoms with Gasteiger partial charge in [0, 0.05) is 13.1 Å². The summed E-state index contributed by atoms with van der Waals surface area (Å²) >= 11 is 0. The Labute approximate surface area is 168 Å². The van der Waals surface area contributed by atoms with Crippen LogP contribution in [0.4, 0.5) is 0 Å². The third-order valence-corrected chi connectivity index (χ3v) is 8.39. The van der Waals surface area contributed by atoms with E-state index in [-0.39, 0.29) is 16.4 Å². The molecule has 0 amide bonds. The summed E-state index contributed by atoms with van der Waals surface area (Å²) in [5.74, 6) is 0.703. The lowest BCUT2D eigenvalue weighted by molar-refractivity contribution is -0.0643. The maximum atomic E-state index is 12.3. The van der Waals surface area contributed by atoms with E-state index in [1.807, 2.05) is 6.92 Å². The Morgan fingerprint density at radius 3 is 2.14 bits per heavy atom. The fourth-order valence-electron chi connectivity index (χ4n) is 4.22. The molecule has 2 aliphatic carbocycles. The average Bonchev–Trinajstić information content (AvgIpc) is 3.52. The maximum Gasteiger partial charge on any atom is 0.198 e. The molecule has 2 saturated carbocycles. The number of aryl methyl sites for hydroxylation is 1. The third kappa shape index (κ3) is 4.69. The van der Waals surface area contributed by atoms with Gasteiger partial charge in [0.15, 0.2) is 14.9 Å². The van der Waals surface area contributed by atoms with Crippen LogP contribution in [0.25, 0.3) is 0 Å². The minimum Gasteiger partial charge on any atom is -0.489 e. The first-order valence-corrected chi connectivity index (χ1v) is 12.2. The van der Waals surface area contributed by atoms with Gasteiger partial charge in [-0.25, -0.2) is 13.4 Å². The van der Waals surface area contributed by atoms with Crippen LogP contribution in [0.5, 0.6) is 5.75 Å². The van der Waals surface area contributed by atoms with Crippen LogP contribution in [-0.4, -0.2) is 62.0 Å². The van der Waals surface area contributed by atoms with Crippen LogP contribution in [0.1, 0.15) is 57.1 Å². The van der Waals surface area contributed by atoms with E-state index in [0.717, 1.165) is 64.5 Å². The van der Waals surface area contributed by atoms with E-state index in [4.69, 9.17) is 9.47 Å². The third-order valence-electron chi connectivity index (χ3n) is 6.23. The second-order valence-corrected chi connectivity index (χ2v) is 10.8. The molecule has 7 heteroatoms. The number of likely N-dealkylation sites (tertiary alicyclic amines) is 1. The average molecular weight is 409 g/mol. The smallest absolute Gasteiger partial charge is 0.198 e. The lowest BCUT2D eigenvalue weighted by Gasteiger charge is -2.35. The molecule has 0 spiro atoms. The summed E-state index contributed by atoms with van der Waals surface area (Å²) in [5.41, 5.74) is 0.659.